The molecule has 0 saturated heterocycles. The molecule has 5 unspecified atom stereocenters. The first-order chi connectivity index (χ1) is 23.5. The van der Waals surface area contributed by atoms with Crippen molar-refractivity contribution in [1.82, 2.24) is 10.2 Å². The summed E-state index contributed by atoms with van der Waals surface area (Å²) < 4.78 is 19.0. The standard InChI is InChI=1S/C38H79N2O8P/c1-5-8-10-12-14-16-17-19-20-22-24-26-33(4)36(43)29-28-35(37(44)30-40(39-7-3)49(45,46)47)38(48-32-34(42)31-41)27-25-23-21-18-15-13-11-9-6-2/h33-35,37-39,41-42,44H,5-32H2,1-4H3,(H2,45,46,47). The van der Waals surface area contributed by atoms with Crippen LogP contribution in [0.2, 0.25) is 0 Å². The summed E-state index contributed by atoms with van der Waals surface area (Å²) in [4.78, 5) is 33.1. The molecule has 0 aromatic heterocycles. The van der Waals surface area contributed by atoms with E-state index < -0.39 is 38.6 Å². The number of hydrogen-bond donors (Lipinski definition) is 6. The van der Waals surface area contributed by atoms with Gasteiger partial charge in [-0.1, -0.05) is 156 Å². The third-order valence-electron chi connectivity index (χ3n) is 9.81. The predicted octanol–water partition coefficient (Wildman–Crippen LogP) is 8.23. The van der Waals surface area contributed by atoms with E-state index in [0.29, 0.717) is 12.8 Å². The minimum Gasteiger partial charge on any atom is -0.394 e. The van der Waals surface area contributed by atoms with Crippen molar-refractivity contribution >= 4 is 13.5 Å². The lowest BCUT2D eigenvalue weighted by atomic mass is 9.85. The molecule has 0 aromatic rings. The monoisotopic (exact) mass is 723 g/mol. The summed E-state index contributed by atoms with van der Waals surface area (Å²) in [6.07, 6.45) is 23.3. The van der Waals surface area contributed by atoms with Crippen LogP contribution in [0.25, 0.3) is 0 Å². The van der Waals surface area contributed by atoms with Crippen molar-refractivity contribution in [3.63, 3.8) is 0 Å². The van der Waals surface area contributed by atoms with Crippen molar-refractivity contribution in [2.45, 2.75) is 200 Å². The zero-order valence-corrected chi connectivity index (χ0v) is 32.9. The minimum absolute atomic E-state index is 0.0994. The number of hydrogen-bond acceptors (Lipinski definition) is 7. The van der Waals surface area contributed by atoms with Crippen molar-refractivity contribution in [3.05, 3.63) is 0 Å². The molecule has 11 heteroatoms. The summed E-state index contributed by atoms with van der Waals surface area (Å²) in [5, 5.41) is 30.9. The van der Waals surface area contributed by atoms with E-state index in [1.165, 1.54) is 89.9 Å². The van der Waals surface area contributed by atoms with Gasteiger partial charge in [-0.05, 0) is 19.3 Å². The number of aliphatic hydroxyl groups excluding tert-OH is 3. The highest BCUT2D eigenvalue weighted by atomic mass is 31.2. The number of ether oxygens (including phenoxy) is 1. The first-order valence-electron chi connectivity index (χ1n) is 20.2. The second-order valence-corrected chi connectivity index (χ2v) is 15.9. The smallest absolute Gasteiger partial charge is 0.394 e. The maximum atomic E-state index is 13.3. The van der Waals surface area contributed by atoms with Crippen molar-refractivity contribution in [2.75, 3.05) is 26.3 Å². The quantitative estimate of drug-likeness (QED) is 0.0210. The Balaban J connectivity index is 5.26. The van der Waals surface area contributed by atoms with Crippen LogP contribution in [0.3, 0.4) is 0 Å². The van der Waals surface area contributed by atoms with Crippen LogP contribution in [0.4, 0.5) is 0 Å². The minimum atomic E-state index is -4.70. The summed E-state index contributed by atoms with van der Waals surface area (Å²) in [6, 6.07) is 0. The van der Waals surface area contributed by atoms with Crippen LogP contribution >= 0.6 is 7.75 Å². The van der Waals surface area contributed by atoms with E-state index >= 15 is 0 Å². The molecule has 0 radical (unpaired) electrons. The number of rotatable bonds is 37. The molecule has 10 nitrogen and oxygen atoms in total. The van der Waals surface area contributed by atoms with Crippen LogP contribution in [0.5, 0.6) is 0 Å². The first kappa shape index (κ1) is 48.6. The van der Waals surface area contributed by atoms with Gasteiger partial charge in [-0.25, -0.2) is 9.99 Å². The maximum Gasteiger partial charge on any atom is 0.416 e. The van der Waals surface area contributed by atoms with Gasteiger partial charge in [-0.2, -0.15) is 0 Å². The van der Waals surface area contributed by atoms with Gasteiger partial charge in [0.1, 0.15) is 11.9 Å². The van der Waals surface area contributed by atoms with E-state index in [1.54, 1.807) is 6.92 Å². The second kappa shape index (κ2) is 32.2. The van der Waals surface area contributed by atoms with E-state index in [-0.39, 0.29) is 37.8 Å². The zero-order chi connectivity index (χ0) is 36.8. The van der Waals surface area contributed by atoms with E-state index in [4.69, 9.17) is 4.74 Å². The number of carbonyl (C=O) groups excluding carboxylic acids is 1. The molecule has 0 aliphatic carbocycles. The van der Waals surface area contributed by atoms with Crippen LogP contribution in [-0.4, -0.2) is 80.3 Å². The molecule has 0 bridgehead atoms. The number of ketones is 1. The number of carbonyl (C=O) groups is 1. The molecule has 0 spiro atoms. The van der Waals surface area contributed by atoms with Crippen LogP contribution < -0.4 is 5.43 Å². The predicted molar refractivity (Wildman–Crippen MR) is 201 cm³/mol. The Morgan fingerprint density at radius 3 is 1.59 bits per heavy atom. The fraction of sp³-hybridized carbons (Fsp3) is 0.974. The number of nitrogens with zero attached hydrogens (tertiary/aromatic N) is 1. The molecule has 6 N–H and O–H groups in total. The molecule has 0 rings (SSSR count). The van der Waals surface area contributed by atoms with E-state index in [0.717, 1.165) is 49.7 Å². The van der Waals surface area contributed by atoms with Gasteiger partial charge in [0.15, 0.2) is 0 Å². The van der Waals surface area contributed by atoms with Gasteiger partial charge in [0.05, 0.1) is 32.0 Å². The molecule has 0 heterocycles. The average Bonchev–Trinajstić information content (AvgIpc) is 3.07. The van der Waals surface area contributed by atoms with Gasteiger partial charge in [0.25, 0.3) is 0 Å². The molecular weight excluding hydrogens is 643 g/mol. The number of Topliss-reactive ketones (excluding diaryl/α,β-unsaturated/α-hetero) is 1. The van der Waals surface area contributed by atoms with E-state index in [1.807, 2.05) is 6.92 Å². The lowest BCUT2D eigenvalue weighted by Gasteiger charge is -2.34. The van der Waals surface area contributed by atoms with Gasteiger partial charge in [-0.3, -0.25) is 4.79 Å². The summed E-state index contributed by atoms with van der Waals surface area (Å²) in [6.45, 7) is 7.48. The topological polar surface area (TPSA) is 160 Å². The molecular formula is C38H79N2O8P. The second-order valence-electron chi connectivity index (χ2n) is 14.4. The molecule has 49 heavy (non-hydrogen) atoms. The van der Waals surface area contributed by atoms with Crippen LogP contribution in [0.15, 0.2) is 0 Å². The lowest BCUT2D eigenvalue weighted by molar-refractivity contribution is -0.124. The SMILES string of the molecule is CCCCCCCCCCCCCC(C)C(=O)CCC(C(O)CN(NCC)P(=O)(O)O)C(CCCCCCCCCCC)OCC(O)CO. The summed E-state index contributed by atoms with van der Waals surface area (Å²) >= 11 is 0. The molecule has 0 aliphatic heterocycles. The Hall–Kier alpha value is -0.420. The molecule has 294 valence electrons. The van der Waals surface area contributed by atoms with Gasteiger partial charge in [-0.15, -0.1) is 4.78 Å². The van der Waals surface area contributed by atoms with Crippen molar-refractivity contribution in [1.29, 1.82) is 0 Å². The Morgan fingerprint density at radius 1 is 0.714 bits per heavy atom. The number of hydrazine groups is 1. The van der Waals surface area contributed by atoms with Crippen LogP contribution in [0.1, 0.15) is 182 Å². The van der Waals surface area contributed by atoms with Gasteiger partial charge < -0.3 is 29.8 Å². The summed E-state index contributed by atoms with van der Waals surface area (Å²) in [5.74, 6) is -0.566. The summed E-state index contributed by atoms with van der Waals surface area (Å²) in [5.41, 5.74) is 2.66. The number of aliphatic hydroxyl groups is 3. The fourth-order valence-corrected chi connectivity index (χ4v) is 7.29. The van der Waals surface area contributed by atoms with Gasteiger partial charge in [0, 0.05) is 24.8 Å². The van der Waals surface area contributed by atoms with Crippen LogP contribution in [-0.2, 0) is 14.1 Å². The van der Waals surface area contributed by atoms with Crippen molar-refractivity contribution < 1.29 is 39.2 Å². The first-order valence-corrected chi connectivity index (χ1v) is 21.8. The highest BCUT2D eigenvalue weighted by Crippen LogP contribution is 2.39. The zero-order valence-electron chi connectivity index (χ0n) is 32.0. The van der Waals surface area contributed by atoms with E-state index in [2.05, 4.69) is 19.3 Å². The highest BCUT2D eigenvalue weighted by Gasteiger charge is 2.35. The Kier molecular flexibility index (Phi) is 32.0. The summed E-state index contributed by atoms with van der Waals surface area (Å²) in [7, 11) is -4.70. The van der Waals surface area contributed by atoms with Crippen molar-refractivity contribution in [2.24, 2.45) is 11.8 Å². The van der Waals surface area contributed by atoms with E-state index in [9.17, 15) is 34.5 Å². The number of unbranched alkanes of at least 4 members (excludes halogenated alkanes) is 18. The fourth-order valence-electron chi connectivity index (χ4n) is 6.58. The average molecular weight is 723 g/mol. The highest BCUT2D eigenvalue weighted by molar-refractivity contribution is 7.49. The molecule has 0 saturated carbocycles. The Labute approximate surface area is 300 Å². The largest absolute Gasteiger partial charge is 0.416 e. The third kappa shape index (κ3) is 26.9. The molecule has 5 atom stereocenters. The third-order valence-corrected chi connectivity index (χ3v) is 10.7. The number of nitrogens with one attached hydrogen (secondary N) is 1. The Bertz CT molecular complexity index is 802. The molecule has 0 fully saturated rings. The van der Waals surface area contributed by atoms with Crippen LogP contribution in [0, 0.1) is 11.8 Å². The Morgan fingerprint density at radius 2 is 1.16 bits per heavy atom. The van der Waals surface area contributed by atoms with Crippen molar-refractivity contribution in [3.8, 4) is 0 Å². The normalized spacial score (nSPS) is 15.4. The lowest BCUT2D eigenvalue weighted by Crippen LogP contribution is -2.46. The maximum absolute atomic E-state index is 13.3. The molecule has 0 aliphatic rings. The van der Waals surface area contributed by atoms with Gasteiger partial charge >= 0.3 is 7.75 Å². The van der Waals surface area contributed by atoms with Gasteiger partial charge in [0.2, 0.25) is 0 Å². The molecule has 0 aromatic carbocycles. The molecule has 0 amide bonds.